The molecular formula is C14H20N2O2. The molecule has 0 aromatic heterocycles. The van der Waals surface area contributed by atoms with Crippen molar-refractivity contribution in [2.24, 2.45) is 0 Å². The van der Waals surface area contributed by atoms with Crippen LogP contribution < -0.4 is 10.6 Å². The van der Waals surface area contributed by atoms with Crippen LogP contribution >= 0.6 is 0 Å². The number of ether oxygens (including phenoxy) is 1. The minimum atomic E-state index is -0.0173. The van der Waals surface area contributed by atoms with Gasteiger partial charge in [-0.1, -0.05) is 0 Å². The Hall–Kier alpha value is -1.55. The Morgan fingerprint density at radius 2 is 2.33 bits per heavy atom. The van der Waals surface area contributed by atoms with Crippen LogP contribution in [0, 0.1) is 6.92 Å². The van der Waals surface area contributed by atoms with Gasteiger partial charge < -0.3 is 15.4 Å². The van der Waals surface area contributed by atoms with Crippen molar-refractivity contribution < 1.29 is 9.53 Å². The van der Waals surface area contributed by atoms with E-state index < -0.39 is 0 Å². The first kappa shape index (κ1) is 12.9. The molecule has 4 nitrogen and oxygen atoms in total. The lowest BCUT2D eigenvalue weighted by molar-refractivity contribution is 0.0956. The minimum Gasteiger partial charge on any atom is -0.380 e. The monoisotopic (exact) mass is 248 g/mol. The van der Waals surface area contributed by atoms with Gasteiger partial charge in [-0.05, 0) is 44.0 Å². The molecule has 1 saturated heterocycles. The van der Waals surface area contributed by atoms with Gasteiger partial charge in [0.1, 0.15) is 0 Å². The maximum absolute atomic E-state index is 11.7. The van der Waals surface area contributed by atoms with Gasteiger partial charge in [0.15, 0.2) is 0 Å². The van der Waals surface area contributed by atoms with Gasteiger partial charge in [-0.15, -0.1) is 0 Å². The summed E-state index contributed by atoms with van der Waals surface area (Å²) in [6.45, 7) is 6.17. The van der Waals surface area contributed by atoms with E-state index in [9.17, 15) is 4.79 Å². The summed E-state index contributed by atoms with van der Waals surface area (Å²) in [6, 6.07) is 6.14. The topological polar surface area (TPSA) is 50.4 Å². The Labute approximate surface area is 108 Å². The lowest BCUT2D eigenvalue weighted by atomic mass is 10.1. The first-order valence-corrected chi connectivity index (χ1v) is 6.44. The maximum atomic E-state index is 11.7. The number of benzene rings is 1. The van der Waals surface area contributed by atoms with Gasteiger partial charge in [0, 0.05) is 24.4 Å². The number of carbonyl (C=O) groups is 1. The van der Waals surface area contributed by atoms with Crippen molar-refractivity contribution in [1.29, 1.82) is 0 Å². The summed E-state index contributed by atoms with van der Waals surface area (Å²) in [5.74, 6) is -0.0173. The number of aryl methyl sites for hydroxylation is 1. The SMILES string of the molecule is CCNC(=O)c1ccc(NC2CCOC2)c(C)c1. The first-order valence-electron chi connectivity index (χ1n) is 6.44. The molecule has 0 bridgehead atoms. The van der Waals surface area contributed by atoms with Crippen molar-refractivity contribution in [3.05, 3.63) is 29.3 Å². The average molecular weight is 248 g/mol. The number of amides is 1. The summed E-state index contributed by atoms with van der Waals surface area (Å²) in [6.07, 6.45) is 1.04. The molecule has 0 saturated carbocycles. The van der Waals surface area contributed by atoms with Crippen LogP contribution in [-0.2, 0) is 4.74 Å². The third-order valence-electron chi connectivity index (χ3n) is 3.12. The second-order valence-electron chi connectivity index (χ2n) is 4.59. The number of hydrogen-bond acceptors (Lipinski definition) is 3. The zero-order valence-electron chi connectivity index (χ0n) is 11.0. The summed E-state index contributed by atoms with van der Waals surface area (Å²) < 4.78 is 5.34. The van der Waals surface area contributed by atoms with Crippen LogP contribution in [0.1, 0.15) is 29.3 Å². The number of anilines is 1. The van der Waals surface area contributed by atoms with Gasteiger partial charge in [0.05, 0.1) is 12.6 Å². The summed E-state index contributed by atoms with van der Waals surface area (Å²) in [5.41, 5.74) is 2.88. The van der Waals surface area contributed by atoms with Crippen molar-refractivity contribution in [2.75, 3.05) is 25.1 Å². The molecule has 1 aromatic carbocycles. The summed E-state index contributed by atoms with van der Waals surface area (Å²) in [5, 5.41) is 6.25. The average Bonchev–Trinajstić information content (AvgIpc) is 2.85. The molecule has 0 spiro atoms. The Kier molecular flexibility index (Phi) is 4.20. The highest BCUT2D eigenvalue weighted by Crippen LogP contribution is 2.19. The number of hydrogen-bond donors (Lipinski definition) is 2. The van der Waals surface area contributed by atoms with Crippen LogP contribution in [0.5, 0.6) is 0 Å². The highest BCUT2D eigenvalue weighted by atomic mass is 16.5. The summed E-state index contributed by atoms with van der Waals surface area (Å²) in [4.78, 5) is 11.7. The Morgan fingerprint density at radius 1 is 1.50 bits per heavy atom. The quantitative estimate of drug-likeness (QED) is 0.856. The van der Waals surface area contributed by atoms with Gasteiger partial charge in [-0.25, -0.2) is 0 Å². The van der Waals surface area contributed by atoms with E-state index in [1.807, 2.05) is 32.0 Å². The van der Waals surface area contributed by atoms with E-state index in [1.165, 1.54) is 0 Å². The fourth-order valence-corrected chi connectivity index (χ4v) is 2.10. The molecule has 98 valence electrons. The van der Waals surface area contributed by atoms with Gasteiger partial charge in [0.2, 0.25) is 0 Å². The lowest BCUT2D eigenvalue weighted by Crippen LogP contribution is -2.23. The third-order valence-corrected chi connectivity index (χ3v) is 3.12. The molecule has 1 fully saturated rings. The Morgan fingerprint density at radius 3 is 2.94 bits per heavy atom. The van der Waals surface area contributed by atoms with Gasteiger partial charge in [-0.2, -0.15) is 0 Å². The van der Waals surface area contributed by atoms with Crippen molar-refractivity contribution in [3.63, 3.8) is 0 Å². The molecule has 4 heteroatoms. The second-order valence-corrected chi connectivity index (χ2v) is 4.59. The highest BCUT2D eigenvalue weighted by Gasteiger charge is 2.16. The standard InChI is InChI=1S/C14H20N2O2/c1-3-15-14(17)11-4-5-13(10(2)8-11)16-12-6-7-18-9-12/h4-5,8,12,16H,3,6-7,9H2,1-2H3,(H,15,17). The predicted molar refractivity (Wildman–Crippen MR) is 72.0 cm³/mol. The number of carbonyl (C=O) groups excluding carboxylic acids is 1. The first-order chi connectivity index (χ1) is 8.70. The predicted octanol–water partition coefficient (Wildman–Crippen LogP) is 1.95. The maximum Gasteiger partial charge on any atom is 0.251 e. The van der Waals surface area contributed by atoms with E-state index >= 15 is 0 Å². The fourth-order valence-electron chi connectivity index (χ4n) is 2.10. The fraction of sp³-hybridized carbons (Fsp3) is 0.500. The van der Waals surface area contributed by atoms with Crippen LogP contribution in [0.4, 0.5) is 5.69 Å². The molecule has 1 atom stereocenters. The molecule has 1 heterocycles. The molecule has 1 aliphatic rings. The van der Waals surface area contributed by atoms with E-state index in [4.69, 9.17) is 4.74 Å². The molecular weight excluding hydrogens is 228 g/mol. The highest BCUT2D eigenvalue weighted by molar-refractivity contribution is 5.94. The van der Waals surface area contributed by atoms with Crippen LogP contribution in [-0.4, -0.2) is 31.7 Å². The molecule has 1 amide bonds. The van der Waals surface area contributed by atoms with Crippen molar-refractivity contribution in [3.8, 4) is 0 Å². The van der Waals surface area contributed by atoms with Gasteiger partial charge >= 0.3 is 0 Å². The third kappa shape index (κ3) is 3.01. The Balaban J connectivity index is 2.06. The van der Waals surface area contributed by atoms with Gasteiger partial charge in [0.25, 0.3) is 5.91 Å². The molecule has 0 radical (unpaired) electrons. The molecule has 0 aliphatic carbocycles. The number of nitrogens with one attached hydrogen (secondary N) is 2. The van der Waals surface area contributed by atoms with E-state index in [0.717, 1.165) is 30.9 Å². The van der Waals surface area contributed by atoms with Crippen LogP contribution in [0.15, 0.2) is 18.2 Å². The normalized spacial score (nSPS) is 18.7. The van der Waals surface area contributed by atoms with Crippen molar-refractivity contribution in [2.45, 2.75) is 26.3 Å². The molecule has 1 aliphatic heterocycles. The van der Waals surface area contributed by atoms with Crippen LogP contribution in [0.2, 0.25) is 0 Å². The number of rotatable bonds is 4. The van der Waals surface area contributed by atoms with E-state index in [0.29, 0.717) is 18.2 Å². The van der Waals surface area contributed by atoms with Crippen molar-refractivity contribution >= 4 is 11.6 Å². The zero-order chi connectivity index (χ0) is 13.0. The lowest BCUT2D eigenvalue weighted by Gasteiger charge is -2.15. The Bertz CT molecular complexity index is 426. The molecule has 1 aromatic rings. The minimum absolute atomic E-state index is 0.0173. The van der Waals surface area contributed by atoms with E-state index in [1.54, 1.807) is 0 Å². The summed E-state index contributed by atoms with van der Waals surface area (Å²) >= 11 is 0. The smallest absolute Gasteiger partial charge is 0.251 e. The van der Waals surface area contributed by atoms with Crippen molar-refractivity contribution in [1.82, 2.24) is 5.32 Å². The largest absolute Gasteiger partial charge is 0.380 e. The molecule has 2 rings (SSSR count). The zero-order valence-corrected chi connectivity index (χ0v) is 11.0. The van der Waals surface area contributed by atoms with E-state index in [-0.39, 0.29) is 5.91 Å². The second kappa shape index (κ2) is 5.87. The van der Waals surface area contributed by atoms with Crippen LogP contribution in [0.25, 0.3) is 0 Å². The van der Waals surface area contributed by atoms with Crippen LogP contribution in [0.3, 0.4) is 0 Å². The summed E-state index contributed by atoms with van der Waals surface area (Å²) in [7, 11) is 0. The van der Waals surface area contributed by atoms with E-state index in [2.05, 4.69) is 10.6 Å². The molecule has 2 N–H and O–H groups in total. The van der Waals surface area contributed by atoms with Gasteiger partial charge in [-0.3, -0.25) is 4.79 Å². The molecule has 1 unspecified atom stereocenters. The molecule has 18 heavy (non-hydrogen) atoms.